The largest absolute Gasteiger partial charge is 0.344 e. The van der Waals surface area contributed by atoms with E-state index < -0.39 is 0 Å². The zero-order valence-corrected chi connectivity index (χ0v) is 36.1. The number of hydrogen-bond donors (Lipinski definition) is 0. The van der Waals surface area contributed by atoms with Gasteiger partial charge in [-0.2, -0.15) is 0 Å². The van der Waals surface area contributed by atoms with Gasteiger partial charge in [0.25, 0.3) is 0 Å². The molecule has 1 unspecified atom stereocenters. The van der Waals surface area contributed by atoms with Crippen molar-refractivity contribution in [3.05, 3.63) is 192 Å². The van der Waals surface area contributed by atoms with E-state index in [1.54, 1.807) is 0 Å². The molecule has 8 aromatic rings. The fraction of sp³-hybridized carbons (Fsp3) is 0.236. The Balaban J connectivity index is 0.000000502. The molecule has 0 saturated heterocycles. The minimum Gasteiger partial charge on any atom is -0.344 e. The smallest absolute Gasteiger partial charge is 0.0517 e. The van der Waals surface area contributed by atoms with Crippen LogP contribution in [-0.4, -0.2) is 4.57 Å². The Hall–Kier alpha value is -6.06. The van der Waals surface area contributed by atoms with Gasteiger partial charge in [0.2, 0.25) is 0 Å². The lowest BCUT2D eigenvalue weighted by molar-refractivity contribution is 0.734. The summed E-state index contributed by atoms with van der Waals surface area (Å²) in [6.45, 7) is 17.7. The molecule has 7 aromatic carbocycles. The Morgan fingerprint density at radius 2 is 0.914 bits per heavy atom. The summed E-state index contributed by atoms with van der Waals surface area (Å²) in [7, 11) is 2.23. The molecule has 0 radical (unpaired) electrons. The quantitative estimate of drug-likeness (QED) is 0.145. The van der Waals surface area contributed by atoms with Crippen LogP contribution in [0.3, 0.4) is 0 Å². The monoisotopic (exact) mass is 763 g/mol. The Morgan fingerprint density at radius 3 is 1.36 bits per heavy atom. The Labute approximate surface area is 348 Å². The van der Waals surface area contributed by atoms with E-state index in [2.05, 4.69) is 222 Å². The first kappa shape index (κ1) is 41.6. The zero-order chi connectivity index (χ0) is 41.2. The van der Waals surface area contributed by atoms with Gasteiger partial charge < -0.3 is 14.4 Å². The number of anilines is 6. The molecule has 1 atom stereocenters. The van der Waals surface area contributed by atoms with E-state index in [9.17, 15) is 0 Å². The fourth-order valence-electron chi connectivity index (χ4n) is 7.76. The van der Waals surface area contributed by atoms with Gasteiger partial charge in [-0.1, -0.05) is 150 Å². The van der Waals surface area contributed by atoms with Crippen molar-refractivity contribution in [3.8, 4) is 0 Å². The van der Waals surface area contributed by atoms with Gasteiger partial charge in [0.15, 0.2) is 0 Å². The van der Waals surface area contributed by atoms with Crippen LogP contribution in [0.15, 0.2) is 164 Å². The number of para-hydroxylation sites is 4. The number of aromatic nitrogens is 1. The fourth-order valence-corrected chi connectivity index (χ4v) is 7.76. The summed E-state index contributed by atoms with van der Waals surface area (Å²) in [5.74, 6) is 0.372. The second-order valence-electron chi connectivity index (χ2n) is 15.4. The van der Waals surface area contributed by atoms with Gasteiger partial charge in [0.05, 0.1) is 16.9 Å². The normalized spacial score (nSPS) is 11.3. The van der Waals surface area contributed by atoms with E-state index in [1.165, 1.54) is 90.2 Å². The lowest BCUT2D eigenvalue weighted by Gasteiger charge is -2.30. The van der Waals surface area contributed by atoms with Gasteiger partial charge in [-0.3, -0.25) is 0 Å². The molecule has 0 aliphatic heterocycles. The molecule has 0 aliphatic carbocycles. The molecule has 0 amide bonds. The standard InChI is InChI=1S/C45H45N3.C7H8.C3H8/c1-7-31(3)37-28-38-39-29-42(47(35-21-11-9-12-22-35)40-25-17-15-19-32(40)4)34(8-2)27-43(39)46(6)44(38)30-45(37)48(36-23-13-10-14-24-36)41-26-18-16-20-33(41)5;1-7-5-3-2-4-6-7;1-3-2/h9-31H,7-8H2,1-6H3;2-6H,1H3;3H2,1-2H3. The number of benzene rings is 7. The molecule has 3 heteroatoms. The van der Waals surface area contributed by atoms with Gasteiger partial charge in [0, 0.05) is 46.1 Å². The Morgan fingerprint density at radius 1 is 0.483 bits per heavy atom. The zero-order valence-electron chi connectivity index (χ0n) is 36.1. The third-order valence-corrected chi connectivity index (χ3v) is 11.0. The Bertz CT molecular complexity index is 2530. The highest BCUT2D eigenvalue weighted by Crippen LogP contribution is 2.46. The molecular formula is C55H61N3. The maximum atomic E-state index is 2.49. The van der Waals surface area contributed by atoms with Crippen LogP contribution in [-0.2, 0) is 13.5 Å². The van der Waals surface area contributed by atoms with Crippen molar-refractivity contribution in [1.29, 1.82) is 0 Å². The number of nitrogens with zero attached hydrogens (tertiary/aromatic N) is 3. The number of rotatable bonds is 9. The third-order valence-electron chi connectivity index (χ3n) is 11.0. The van der Waals surface area contributed by atoms with Crippen molar-refractivity contribution in [3.63, 3.8) is 0 Å². The first-order chi connectivity index (χ1) is 28.2. The van der Waals surface area contributed by atoms with Crippen molar-refractivity contribution >= 4 is 55.9 Å². The minimum atomic E-state index is 0.372. The molecule has 0 aliphatic rings. The van der Waals surface area contributed by atoms with Crippen molar-refractivity contribution in [1.82, 2.24) is 4.57 Å². The highest BCUT2D eigenvalue weighted by atomic mass is 15.2. The van der Waals surface area contributed by atoms with E-state index >= 15 is 0 Å². The molecule has 1 aromatic heterocycles. The molecule has 0 spiro atoms. The van der Waals surface area contributed by atoms with E-state index in [-0.39, 0.29) is 0 Å². The first-order valence-electron chi connectivity index (χ1n) is 21.1. The van der Waals surface area contributed by atoms with Crippen molar-refractivity contribution in [2.24, 2.45) is 7.05 Å². The van der Waals surface area contributed by atoms with Gasteiger partial charge in [0.1, 0.15) is 0 Å². The molecular weight excluding hydrogens is 703 g/mol. The summed E-state index contributed by atoms with van der Waals surface area (Å²) in [6.07, 6.45) is 3.24. The van der Waals surface area contributed by atoms with Crippen LogP contribution in [0.4, 0.5) is 34.1 Å². The molecule has 8 rings (SSSR count). The summed E-state index contributed by atoms with van der Waals surface area (Å²) in [5.41, 5.74) is 16.2. The predicted molar refractivity (Wildman–Crippen MR) is 254 cm³/mol. The van der Waals surface area contributed by atoms with Crippen LogP contribution in [0.2, 0.25) is 0 Å². The van der Waals surface area contributed by atoms with E-state index in [0.717, 1.165) is 12.8 Å². The van der Waals surface area contributed by atoms with E-state index in [0.29, 0.717) is 5.92 Å². The molecule has 3 nitrogen and oxygen atoms in total. The van der Waals surface area contributed by atoms with Crippen LogP contribution in [0.5, 0.6) is 0 Å². The van der Waals surface area contributed by atoms with Crippen molar-refractivity contribution < 1.29 is 0 Å². The van der Waals surface area contributed by atoms with E-state index in [4.69, 9.17) is 0 Å². The summed E-state index contributed by atoms with van der Waals surface area (Å²) < 4.78 is 2.40. The average molecular weight is 764 g/mol. The summed E-state index contributed by atoms with van der Waals surface area (Å²) in [6, 6.07) is 59.2. The maximum Gasteiger partial charge on any atom is 0.0517 e. The molecule has 0 N–H and O–H groups in total. The highest BCUT2D eigenvalue weighted by Gasteiger charge is 2.25. The highest BCUT2D eigenvalue weighted by molar-refractivity contribution is 6.11. The van der Waals surface area contributed by atoms with Crippen molar-refractivity contribution in [2.45, 2.75) is 80.6 Å². The molecule has 296 valence electrons. The van der Waals surface area contributed by atoms with Crippen LogP contribution < -0.4 is 9.80 Å². The van der Waals surface area contributed by atoms with Crippen LogP contribution in [0, 0.1) is 20.8 Å². The predicted octanol–water partition coefficient (Wildman–Crippen LogP) is 16.4. The summed E-state index contributed by atoms with van der Waals surface area (Å²) in [4.78, 5) is 4.91. The molecule has 0 saturated carbocycles. The summed E-state index contributed by atoms with van der Waals surface area (Å²) >= 11 is 0. The second kappa shape index (κ2) is 19.4. The topological polar surface area (TPSA) is 11.4 Å². The number of fused-ring (bicyclic) bond motifs is 3. The first-order valence-corrected chi connectivity index (χ1v) is 21.1. The molecule has 1 heterocycles. The Kier molecular flexibility index (Phi) is 13.9. The lowest BCUT2D eigenvalue weighted by atomic mass is 9.93. The van der Waals surface area contributed by atoms with E-state index in [1.807, 2.05) is 18.2 Å². The van der Waals surface area contributed by atoms with Crippen LogP contribution in [0.25, 0.3) is 21.8 Å². The van der Waals surface area contributed by atoms with Gasteiger partial charge >= 0.3 is 0 Å². The van der Waals surface area contributed by atoms with Gasteiger partial charge in [-0.25, -0.2) is 0 Å². The lowest BCUT2D eigenvalue weighted by Crippen LogP contribution is -2.14. The minimum absolute atomic E-state index is 0.372. The van der Waals surface area contributed by atoms with Crippen LogP contribution in [0.1, 0.15) is 81.2 Å². The van der Waals surface area contributed by atoms with Crippen LogP contribution >= 0.6 is 0 Å². The van der Waals surface area contributed by atoms with Gasteiger partial charge in [-0.15, -0.1) is 0 Å². The average Bonchev–Trinajstić information content (AvgIpc) is 3.52. The molecule has 0 bridgehead atoms. The third kappa shape index (κ3) is 8.90. The molecule has 0 fully saturated rings. The molecule has 58 heavy (non-hydrogen) atoms. The number of aryl methyl sites for hydroxylation is 5. The second-order valence-corrected chi connectivity index (χ2v) is 15.4. The maximum absolute atomic E-state index is 2.49. The van der Waals surface area contributed by atoms with Gasteiger partial charge in [-0.05, 0) is 122 Å². The SMILES string of the molecule is CCC.CCc1cc2c(cc1N(c1ccccc1)c1ccccc1C)c1cc(C(C)CC)c(N(c3ccccc3)c3ccccc3C)cc1n2C.Cc1ccccc1. The summed E-state index contributed by atoms with van der Waals surface area (Å²) in [5, 5.41) is 2.58. The van der Waals surface area contributed by atoms with Crippen molar-refractivity contribution in [2.75, 3.05) is 9.80 Å². The number of hydrogen-bond acceptors (Lipinski definition) is 2.